The molecule has 23 N–H and O–H groups in total. The zero-order valence-electron chi connectivity index (χ0n) is 67.5. The number of rotatable bonds is 46. The summed E-state index contributed by atoms with van der Waals surface area (Å²) < 4.78 is 0. The van der Waals surface area contributed by atoms with Crippen LogP contribution in [0.15, 0.2) is 122 Å². The number of hydrogen-bond acceptors (Lipinski definition) is 17. The molecule has 4 aromatic carbocycles. The largest absolute Gasteiger partial charge is 0.394 e. The predicted molar refractivity (Wildman–Crippen MR) is 448 cm³/mol. The number of carbonyl (C=O) groups excluding carboxylic acids is 13. The van der Waals surface area contributed by atoms with Gasteiger partial charge in [-0.25, -0.2) is 0 Å². The maximum absolute atomic E-state index is 15.6. The van der Waals surface area contributed by atoms with Crippen LogP contribution in [-0.2, 0) is 88.0 Å². The summed E-state index contributed by atoms with van der Waals surface area (Å²) in [4.78, 5) is 198. The molecule has 0 aliphatic heterocycles. The van der Waals surface area contributed by atoms with Gasteiger partial charge in [-0.15, -0.1) is 0 Å². The Morgan fingerprint density at radius 3 is 1.13 bits per heavy atom. The van der Waals surface area contributed by atoms with Gasteiger partial charge in [0.25, 0.3) is 0 Å². The van der Waals surface area contributed by atoms with E-state index >= 15 is 19.2 Å². The number of aromatic nitrogens is 4. The van der Waals surface area contributed by atoms with Gasteiger partial charge in [0.2, 0.25) is 76.8 Å². The first kappa shape index (κ1) is 90.9. The standard InChI is InChI=1S/C83H113N19O14S/c1-10-45(5)70(102-75(108)57(85)43-103)82(115)91-42-68(104)92-47(7)73(106)94-62(30-20-21-32-84)76(109)96-64(34-49-38-87-58-26-16-12-22-53(49)58)78(111)93-48(8)74(107)101-71(46(6)11-2)83(116)99-67(37-52-41-90-61-29-19-15-25-56(52)61)81(114)98-66(36-51-40-89-60-28-18-14-24-55(51)60)80(113)97-65(35-50-39-88-59-27-17-13-23-54(50)59)79(112)95-63(31-33-117-9)77(110)100-69(44(3)4)72(86)105/h12-19,22-29,38-41,44-48,57,62-67,69-71,87-90,103H,10-11,20-21,30-37,42-43,84-85H2,1-9H3,(H2,86,105)(H,91,115)(H,92,104)(H,93,111)(H,94,106)(H,95,112)(H,96,109)(H,97,113)(H,98,114)(H,99,116)(H,100,110)(H,101,107)(H,102,108)/t45-,46-,47-,48-,57-,62-,63-,64-,65-,66-,67-,69-,70-,71-/m0/s1. The molecule has 0 unspecified atom stereocenters. The predicted octanol–water partition coefficient (Wildman–Crippen LogP) is 1.81. The minimum absolute atomic E-state index is 0.0251. The number of unbranched alkanes of at least 4 members (excludes halogenated alkanes) is 1. The van der Waals surface area contributed by atoms with Crippen molar-refractivity contribution in [2.24, 2.45) is 35.0 Å². The molecular formula is C83H113N19O14S. The van der Waals surface area contributed by atoms with E-state index in [9.17, 15) is 48.3 Å². The Kier molecular flexibility index (Phi) is 34.1. The summed E-state index contributed by atoms with van der Waals surface area (Å²) in [5.41, 5.74) is 22.6. The number of thioether (sulfide) groups is 1. The number of aliphatic hydroxyl groups is 1. The lowest BCUT2D eigenvalue weighted by atomic mass is 9.96. The van der Waals surface area contributed by atoms with Crippen LogP contribution in [0, 0.1) is 17.8 Å². The molecule has 0 aliphatic rings. The van der Waals surface area contributed by atoms with Crippen LogP contribution in [-0.4, -0.2) is 206 Å². The van der Waals surface area contributed by atoms with Crippen molar-refractivity contribution in [3.8, 4) is 0 Å². The first-order valence-electron chi connectivity index (χ1n) is 39.6. The van der Waals surface area contributed by atoms with E-state index in [0.717, 1.165) is 21.8 Å². The normalized spacial score (nSPS) is 15.1. The highest BCUT2D eigenvalue weighted by Crippen LogP contribution is 2.25. The van der Waals surface area contributed by atoms with E-state index in [-0.39, 0.29) is 45.1 Å². The molecule has 14 atom stereocenters. The number of carbonyl (C=O) groups is 13. The van der Waals surface area contributed by atoms with Gasteiger partial charge in [-0.05, 0) is 122 Å². The summed E-state index contributed by atoms with van der Waals surface area (Å²) in [7, 11) is 0. The molecule has 8 rings (SSSR count). The van der Waals surface area contributed by atoms with Crippen molar-refractivity contribution in [2.45, 2.75) is 192 Å². The van der Waals surface area contributed by atoms with Gasteiger partial charge in [-0.2, -0.15) is 11.8 Å². The summed E-state index contributed by atoms with van der Waals surface area (Å²) >= 11 is 1.43. The molecule has 0 radical (unpaired) electrons. The highest BCUT2D eigenvalue weighted by Gasteiger charge is 2.39. The number of aliphatic hydroxyl groups excluding tert-OH is 1. The van der Waals surface area contributed by atoms with Crippen molar-refractivity contribution in [1.29, 1.82) is 0 Å². The number of nitrogens with one attached hydrogen (secondary N) is 16. The van der Waals surface area contributed by atoms with Crippen LogP contribution in [0.1, 0.15) is 116 Å². The fourth-order valence-corrected chi connectivity index (χ4v) is 14.2. The lowest BCUT2D eigenvalue weighted by molar-refractivity contribution is -0.136. The highest BCUT2D eigenvalue weighted by atomic mass is 32.2. The van der Waals surface area contributed by atoms with Crippen molar-refractivity contribution in [3.63, 3.8) is 0 Å². The minimum atomic E-state index is -1.49. The second kappa shape index (κ2) is 43.9. The van der Waals surface area contributed by atoms with Gasteiger partial charge in [0.05, 0.1) is 13.2 Å². The molecule has 0 bridgehead atoms. The number of amides is 13. The Balaban J connectivity index is 1.04. The van der Waals surface area contributed by atoms with Gasteiger partial charge in [-0.3, -0.25) is 62.3 Å². The molecule has 33 nitrogen and oxygen atoms in total. The van der Waals surface area contributed by atoms with Gasteiger partial charge in [0.15, 0.2) is 0 Å². The van der Waals surface area contributed by atoms with Crippen LogP contribution in [0.2, 0.25) is 0 Å². The topological polar surface area (TPSA) is 528 Å². The molecule has 13 amide bonds. The van der Waals surface area contributed by atoms with Crippen LogP contribution in [0.3, 0.4) is 0 Å². The molecule has 630 valence electrons. The molecule has 34 heteroatoms. The maximum Gasteiger partial charge on any atom is 0.243 e. The third-order valence-corrected chi connectivity index (χ3v) is 21.7. The Morgan fingerprint density at radius 1 is 0.402 bits per heavy atom. The van der Waals surface area contributed by atoms with Gasteiger partial charge >= 0.3 is 0 Å². The highest BCUT2D eigenvalue weighted by molar-refractivity contribution is 7.98. The van der Waals surface area contributed by atoms with Crippen LogP contribution >= 0.6 is 11.8 Å². The quantitative estimate of drug-likeness (QED) is 0.0242. The van der Waals surface area contributed by atoms with E-state index in [1.807, 2.05) is 97.3 Å². The van der Waals surface area contributed by atoms with Crippen molar-refractivity contribution < 1.29 is 67.4 Å². The summed E-state index contributed by atoms with van der Waals surface area (Å²) in [5.74, 6) is -11.3. The summed E-state index contributed by atoms with van der Waals surface area (Å²) in [6.45, 7) is 12.1. The Labute approximate surface area is 682 Å². The smallest absolute Gasteiger partial charge is 0.243 e. The van der Waals surface area contributed by atoms with E-state index in [1.165, 1.54) is 25.6 Å². The minimum Gasteiger partial charge on any atom is -0.394 e. The number of para-hydroxylation sites is 4. The fourth-order valence-electron chi connectivity index (χ4n) is 13.7. The lowest BCUT2D eigenvalue weighted by Gasteiger charge is -2.29. The van der Waals surface area contributed by atoms with Gasteiger partial charge in [0, 0.05) is 94.1 Å². The Bertz CT molecular complexity index is 4790. The van der Waals surface area contributed by atoms with E-state index < -0.39 is 180 Å². The Morgan fingerprint density at radius 2 is 0.735 bits per heavy atom. The van der Waals surface area contributed by atoms with E-state index in [2.05, 4.69) is 83.7 Å². The van der Waals surface area contributed by atoms with Crippen molar-refractivity contribution in [1.82, 2.24) is 83.7 Å². The SMILES string of the molecule is CC[C@H](C)[C@H](NC(=O)[C@H](C)NC(=O)[C@H](Cc1c[nH]c2ccccc12)NC(=O)[C@H](CCCCN)NC(=O)[C@H](C)NC(=O)CNC(=O)[C@@H](NC(=O)[C@@H](N)CO)[C@@H](C)CC)C(=O)N[C@@H](Cc1c[nH]c2ccccc12)C(=O)N[C@@H](Cc1c[nH]c2ccccc12)C(=O)N[C@@H](Cc1c[nH]c2ccccc12)C(=O)N[C@@H](CCSC)C(=O)N[C@H](C(N)=O)C(C)C. The lowest BCUT2D eigenvalue weighted by Crippen LogP contribution is -2.62. The number of fused-ring (bicyclic) bond motifs is 4. The van der Waals surface area contributed by atoms with Crippen molar-refractivity contribution >= 4 is 132 Å². The van der Waals surface area contributed by atoms with Crippen molar-refractivity contribution in [2.75, 3.05) is 31.7 Å². The molecular weight excluding hydrogens is 1520 g/mol. The number of aromatic amines is 4. The van der Waals surface area contributed by atoms with Crippen LogP contribution in [0.25, 0.3) is 43.6 Å². The van der Waals surface area contributed by atoms with Crippen LogP contribution in [0.4, 0.5) is 0 Å². The van der Waals surface area contributed by atoms with Gasteiger partial charge in [-0.1, -0.05) is 127 Å². The van der Waals surface area contributed by atoms with Crippen LogP contribution in [0.5, 0.6) is 0 Å². The molecule has 4 aromatic heterocycles. The average Bonchev–Trinajstić information content (AvgIpc) is 1.72. The molecule has 8 aromatic rings. The third kappa shape index (κ3) is 25.2. The van der Waals surface area contributed by atoms with Crippen LogP contribution < -0.4 is 81.0 Å². The number of H-pyrrole nitrogens is 4. The van der Waals surface area contributed by atoms with E-state index in [1.54, 1.807) is 72.4 Å². The molecule has 0 aliphatic carbocycles. The first-order chi connectivity index (χ1) is 56.0. The Hall–Kier alpha value is -11.6. The fraction of sp³-hybridized carbons (Fsp3) is 0.458. The van der Waals surface area contributed by atoms with Crippen molar-refractivity contribution in [3.05, 3.63) is 144 Å². The number of nitrogens with two attached hydrogens (primary N) is 3. The summed E-state index contributed by atoms with van der Waals surface area (Å²) in [5, 5.41) is 45.1. The van der Waals surface area contributed by atoms with E-state index in [0.29, 0.717) is 75.5 Å². The molecule has 0 saturated heterocycles. The second-order valence-corrected chi connectivity index (χ2v) is 31.1. The molecule has 0 saturated carbocycles. The third-order valence-electron chi connectivity index (χ3n) is 21.1. The number of primary amides is 1. The molecule has 0 spiro atoms. The maximum atomic E-state index is 15.6. The summed E-state index contributed by atoms with van der Waals surface area (Å²) in [6.07, 6.45) is 9.73. The first-order valence-corrected chi connectivity index (χ1v) is 41.0. The zero-order chi connectivity index (χ0) is 85.2. The molecule has 4 heterocycles. The van der Waals surface area contributed by atoms with Gasteiger partial charge in [0.1, 0.15) is 72.5 Å². The number of benzene rings is 4. The van der Waals surface area contributed by atoms with Gasteiger partial charge < -0.3 is 106 Å². The monoisotopic (exact) mass is 1630 g/mol. The second-order valence-electron chi connectivity index (χ2n) is 30.1. The average molecular weight is 1630 g/mol. The summed E-state index contributed by atoms with van der Waals surface area (Å²) in [6, 6.07) is 13.4. The molecule has 117 heavy (non-hydrogen) atoms. The van der Waals surface area contributed by atoms with E-state index in [4.69, 9.17) is 17.2 Å². The zero-order valence-corrected chi connectivity index (χ0v) is 68.3. The molecule has 0 fully saturated rings. The number of hydrogen-bond donors (Lipinski definition) is 20.